The monoisotopic (exact) mass is 387 g/mol. The highest BCUT2D eigenvalue weighted by atomic mass is 32.2. The Bertz CT molecular complexity index is 863. The third-order valence-corrected chi connectivity index (χ3v) is 5.25. The number of nitrogens with zero attached hydrogens (tertiary/aromatic N) is 2. The van der Waals surface area contributed by atoms with Crippen molar-refractivity contribution < 1.29 is 14.0 Å². The van der Waals surface area contributed by atoms with Gasteiger partial charge in [0.05, 0.1) is 16.7 Å². The van der Waals surface area contributed by atoms with E-state index in [1.54, 1.807) is 0 Å². The molecule has 0 aliphatic rings. The number of Topliss-reactive ketones (excluding diaryl/α,β-unsaturated/α-hetero) is 1. The van der Waals surface area contributed by atoms with Crippen molar-refractivity contribution in [3.63, 3.8) is 0 Å². The van der Waals surface area contributed by atoms with Gasteiger partial charge in [0.1, 0.15) is 0 Å². The van der Waals surface area contributed by atoms with Crippen LogP contribution in [0.4, 0.5) is 0 Å². The van der Waals surface area contributed by atoms with Gasteiger partial charge in [-0.15, -0.1) is 21.5 Å². The van der Waals surface area contributed by atoms with Crippen molar-refractivity contribution >= 4 is 34.8 Å². The Morgan fingerprint density at radius 3 is 2.69 bits per heavy atom. The molecule has 0 aliphatic heterocycles. The number of hydrogen-bond donors (Lipinski definition) is 1. The van der Waals surface area contributed by atoms with Crippen molar-refractivity contribution in [2.45, 2.75) is 24.6 Å². The van der Waals surface area contributed by atoms with Crippen LogP contribution in [0.5, 0.6) is 0 Å². The van der Waals surface area contributed by atoms with E-state index < -0.39 is 6.04 Å². The second-order valence-corrected chi connectivity index (χ2v) is 7.43. The first-order valence-corrected chi connectivity index (χ1v) is 9.82. The fourth-order valence-corrected chi connectivity index (χ4v) is 3.50. The van der Waals surface area contributed by atoms with E-state index in [1.165, 1.54) is 18.3 Å². The lowest BCUT2D eigenvalue weighted by Gasteiger charge is -2.15. The third-order valence-electron chi connectivity index (χ3n) is 3.57. The molecule has 0 spiro atoms. The summed E-state index contributed by atoms with van der Waals surface area (Å²) in [6.07, 6.45) is 0.468. The van der Waals surface area contributed by atoms with Crippen LogP contribution in [-0.2, 0) is 16.0 Å². The minimum absolute atomic E-state index is 0.0787. The molecule has 134 valence electrons. The van der Waals surface area contributed by atoms with E-state index in [1.807, 2.05) is 47.8 Å². The smallest absolute Gasteiger partial charge is 0.277 e. The number of amides is 1. The Balaban J connectivity index is 1.53. The molecule has 26 heavy (non-hydrogen) atoms. The molecule has 0 aliphatic carbocycles. The van der Waals surface area contributed by atoms with E-state index in [-0.39, 0.29) is 17.4 Å². The Labute approximate surface area is 159 Å². The van der Waals surface area contributed by atoms with E-state index in [0.29, 0.717) is 17.5 Å². The van der Waals surface area contributed by atoms with Gasteiger partial charge in [0, 0.05) is 0 Å². The fourth-order valence-electron chi connectivity index (χ4n) is 2.28. The van der Waals surface area contributed by atoms with Gasteiger partial charge in [-0.1, -0.05) is 48.2 Å². The summed E-state index contributed by atoms with van der Waals surface area (Å²) in [5.41, 5.74) is 0.998. The maximum Gasteiger partial charge on any atom is 0.277 e. The Morgan fingerprint density at radius 1 is 1.19 bits per heavy atom. The molecule has 0 saturated heterocycles. The average Bonchev–Trinajstić information content (AvgIpc) is 3.31. The molecule has 0 bridgehead atoms. The summed E-state index contributed by atoms with van der Waals surface area (Å²) < 4.78 is 5.53. The van der Waals surface area contributed by atoms with Crippen LogP contribution in [0.2, 0.25) is 0 Å². The normalized spacial score (nSPS) is 11.9. The van der Waals surface area contributed by atoms with Gasteiger partial charge in [-0.25, -0.2) is 0 Å². The molecule has 1 aromatic carbocycles. The zero-order valence-electron chi connectivity index (χ0n) is 14.0. The third kappa shape index (κ3) is 5.03. The zero-order valence-corrected chi connectivity index (χ0v) is 15.7. The number of aromatic nitrogens is 2. The number of thioether (sulfide) groups is 1. The molecule has 6 nitrogen and oxygen atoms in total. The first-order chi connectivity index (χ1) is 12.6. The van der Waals surface area contributed by atoms with Crippen molar-refractivity contribution in [3.8, 4) is 10.8 Å². The number of thiophene rings is 1. The van der Waals surface area contributed by atoms with Gasteiger partial charge in [-0.3, -0.25) is 9.59 Å². The molecule has 3 aromatic rings. The molecule has 2 aromatic heterocycles. The summed E-state index contributed by atoms with van der Waals surface area (Å²) in [4.78, 5) is 24.9. The molecule has 0 radical (unpaired) electrons. The highest BCUT2D eigenvalue weighted by Gasteiger charge is 2.18. The molecular weight excluding hydrogens is 370 g/mol. The standard InChI is InChI=1S/C18H17N3O3S2/c1-12(22)14(10-13-6-3-2-4-7-13)19-16(23)11-26-18-21-20-17(24-18)15-8-5-9-25-15/h2-9,14H,10-11H2,1H3,(H,19,23)/t14-/m0/s1. The van der Waals surface area contributed by atoms with Gasteiger partial charge in [-0.05, 0) is 30.4 Å². The lowest BCUT2D eigenvalue weighted by Crippen LogP contribution is -2.42. The minimum atomic E-state index is -0.546. The topological polar surface area (TPSA) is 85.1 Å². The number of nitrogens with one attached hydrogen (secondary N) is 1. The predicted molar refractivity (Wildman–Crippen MR) is 101 cm³/mol. The molecule has 0 fully saturated rings. The summed E-state index contributed by atoms with van der Waals surface area (Å²) >= 11 is 2.65. The van der Waals surface area contributed by atoms with Crippen LogP contribution in [0.1, 0.15) is 12.5 Å². The van der Waals surface area contributed by atoms with Gasteiger partial charge >= 0.3 is 0 Å². The predicted octanol–water partition coefficient (Wildman–Crippen LogP) is 3.21. The van der Waals surface area contributed by atoms with Gasteiger partial charge in [0.15, 0.2) is 5.78 Å². The average molecular weight is 387 g/mol. The summed E-state index contributed by atoms with van der Waals surface area (Å²) in [7, 11) is 0. The SMILES string of the molecule is CC(=O)[C@H](Cc1ccccc1)NC(=O)CSc1nnc(-c2cccs2)o1. The van der Waals surface area contributed by atoms with Crippen LogP contribution < -0.4 is 5.32 Å². The molecule has 1 N–H and O–H groups in total. The maximum absolute atomic E-state index is 12.2. The van der Waals surface area contributed by atoms with Crippen LogP contribution in [0, 0.1) is 0 Å². The first kappa shape index (κ1) is 18.3. The first-order valence-electron chi connectivity index (χ1n) is 7.96. The van der Waals surface area contributed by atoms with E-state index in [4.69, 9.17) is 4.42 Å². The molecule has 8 heteroatoms. The summed E-state index contributed by atoms with van der Waals surface area (Å²) in [6, 6.07) is 12.8. The zero-order chi connectivity index (χ0) is 18.4. The fraction of sp³-hybridized carbons (Fsp3) is 0.222. The molecule has 3 rings (SSSR count). The summed E-state index contributed by atoms with van der Waals surface area (Å²) in [5, 5.41) is 12.9. The van der Waals surface area contributed by atoms with Gasteiger partial charge < -0.3 is 9.73 Å². The second-order valence-electron chi connectivity index (χ2n) is 5.56. The Kier molecular flexibility index (Phi) is 6.19. The van der Waals surface area contributed by atoms with Gasteiger partial charge in [0.2, 0.25) is 5.91 Å². The van der Waals surface area contributed by atoms with Crippen LogP contribution in [-0.4, -0.2) is 33.7 Å². The largest absolute Gasteiger partial charge is 0.410 e. The van der Waals surface area contributed by atoms with Crippen molar-refractivity contribution in [3.05, 3.63) is 53.4 Å². The maximum atomic E-state index is 12.2. The van der Waals surface area contributed by atoms with E-state index in [0.717, 1.165) is 22.2 Å². The van der Waals surface area contributed by atoms with Crippen LogP contribution in [0.25, 0.3) is 10.8 Å². The van der Waals surface area contributed by atoms with Crippen molar-refractivity contribution in [1.82, 2.24) is 15.5 Å². The quantitative estimate of drug-likeness (QED) is 0.598. The van der Waals surface area contributed by atoms with Gasteiger partial charge in [-0.2, -0.15) is 0 Å². The molecule has 2 heterocycles. The lowest BCUT2D eigenvalue weighted by molar-refractivity contribution is -0.125. The second kappa shape index (κ2) is 8.77. The van der Waals surface area contributed by atoms with Crippen LogP contribution in [0.15, 0.2) is 57.5 Å². The molecule has 0 saturated carbocycles. The highest BCUT2D eigenvalue weighted by molar-refractivity contribution is 7.99. The Hall–Kier alpha value is -2.45. The number of rotatable bonds is 8. The molecule has 0 unspecified atom stereocenters. The Morgan fingerprint density at radius 2 is 2.00 bits per heavy atom. The van der Waals surface area contributed by atoms with E-state index >= 15 is 0 Å². The van der Waals surface area contributed by atoms with Crippen LogP contribution in [0.3, 0.4) is 0 Å². The summed E-state index contributed by atoms with van der Waals surface area (Å²) in [5.74, 6) is 0.213. The number of carbonyl (C=O) groups is 2. The molecule has 1 atom stereocenters. The molecule has 1 amide bonds. The summed E-state index contributed by atoms with van der Waals surface area (Å²) in [6.45, 7) is 1.48. The highest BCUT2D eigenvalue weighted by Crippen LogP contribution is 2.26. The van der Waals surface area contributed by atoms with Crippen molar-refractivity contribution in [1.29, 1.82) is 0 Å². The minimum Gasteiger partial charge on any atom is -0.410 e. The van der Waals surface area contributed by atoms with Gasteiger partial charge in [0.25, 0.3) is 11.1 Å². The number of ketones is 1. The number of carbonyl (C=O) groups excluding carboxylic acids is 2. The molecular formula is C18H17N3O3S2. The van der Waals surface area contributed by atoms with Crippen molar-refractivity contribution in [2.75, 3.05) is 5.75 Å². The van der Waals surface area contributed by atoms with E-state index in [2.05, 4.69) is 15.5 Å². The number of hydrogen-bond acceptors (Lipinski definition) is 7. The lowest BCUT2D eigenvalue weighted by atomic mass is 10.0. The van der Waals surface area contributed by atoms with Crippen LogP contribution >= 0.6 is 23.1 Å². The van der Waals surface area contributed by atoms with Crippen molar-refractivity contribution in [2.24, 2.45) is 0 Å². The number of benzene rings is 1. The van der Waals surface area contributed by atoms with E-state index in [9.17, 15) is 9.59 Å².